The van der Waals surface area contributed by atoms with Crippen LogP contribution in [0.2, 0.25) is 0 Å². The number of fused-ring (bicyclic) bond motifs is 3. The number of aliphatic carboxylic acids is 4. The van der Waals surface area contributed by atoms with Gasteiger partial charge in [0.1, 0.15) is 17.0 Å². The lowest BCUT2D eigenvalue weighted by Crippen LogP contribution is -2.16. The molecular formula is C19H26N4O8S. The number of hydrogen-bond donors (Lipinski definition) is 5. The second-order valence-electron chi connectivity index (χ2n) is 6.92. The molecule has 32 heavy (non-hydrogen) atoms. The Kier molecular flexibility index (Phi) is 11.0. The van der Waals surface area contributed by atoms with E-state index in [0.29, 0.717) is 0 Å². The second-order valence-corrected chi connectivity index (χ2v) is 8.00. The van der Waals surface area contributed by atoms with Crippen molar-refractivity contribution in [1.82, 2.24) is 14.9 Å². The Morgan fingerprint density at radius 1 is 0.969 bits per heavy atom. The molecule has 2 heterocycles. The van der Waals surface area contributed by atoms with E-state index in [4.69, 9.17) is 39.6 Å². The highest BCUT2D eigenvalue weighted by molar-refractivity contribution is 7.19. The molecule has 2 aromatic heterocycles. The predicted octanol–water partition coefficient (Wildman–Crippen LogP) is 1.24. The molecule has 12 nitrogen and oxygen atoms in total. The molecule has 2 aromatic rings. The average molecular weight is 471 g/mol. The van der Waals surface area contributed by atoms with Gasteiger partial charge in [-0.1, -0.05) is 0 Å². The first kappa shape index (κ1) is 26.7. The fourth-order valence-corrected chi connectivity index (χ4v) is 4.06. The highest BCUT2D eigenvalue weighted by Crippen LogP contribution is 2.37. The van der Waals surface area contributed by atoms with Crippen molar-refractivity contribution in [1.29, 1.82) is 0 Å². The van der Waals surface area contributed by atoms with E-state index in [2.05, 4.69) is 34.3 Å². The van der Waals surface area contributed by atoms with Crippen LogP contribution in [0.1, 0.15) is 29.7 Å². The van der Waals surface area contributed by atoms with Crippen molar-refractivity contribution in [3.8, 4) is 0 Å². The molecule has 0 aromatic carbocycles. The zero-order chi connectivity index (χ0) is 24.3. The van der Waals surface area contributed by atoms with E-state index in [1.54, 1.807) is 6.33 Å². The molecule has 0 unspecified atom stereocenters. The lowest BCUT2D eigenvalue weighted by Gasteiger charge is -2.13. The molecule has 0 saturated carbocycles. The average Bonchev–Trinajstić information content (AvgIpc) is 3.11. The Morgan fingerprint density at radius 3 is 2.06 bits per heavy atom. The Balaban J connectivity index is 0.000000355. The summed E-state index contributed by atoms with van der Waals surface area (Å²) in [5.41, 5.74) is 1.51. The first-order chi connectivity index (χ1) is 15.0. The van der Waals surface area contributed by atoms with Crippen LogP contribution in [0.25, 0.3) is 10.2 Å². The third kappa shape index (κ3) is 8.81. The second kappa shape index (κ2) is 13.2. The molecule has 0 spiro atoms. The van der Waals surface area contributed by atoms with Gasteiger partial charge in [-0.25, -0.2) is 29.1 Å². The third-order valence-electron chi connectivity index (χ3n) is 4.19. The van der Waals surface area contributed by atoms with Crippen molar-refractivity contribution >= 4 is 51.2 Å². The van der Waals surface area contributed by atoms with Crippen LogP contribution in [-0.2, 0) is 32.0 Å². The minimum absolute atomic E-state index is 0.967. The molecule has 13 heteroatoms. The molecule has 0 atom stereocenters. The van der Waals surface area contributed by atoms with Crippen LogP contribution in [0.5, 0.6) is 0 Å². The van der Waals surface area contributed by atoms with Gasteiger partial charge in [-0.15, -0.1) is 11.3 Å². The molecule has 0 bridgehead atoms. The number of aromatic nitrogens is 2. The monoisotopic (exact) mass is 470 g/mol. The van der Waals surface area contributed by atoms with Gasteiger partial charge in [0.15, 0.2) is 0 Å². The Bertz CT molecular complexity index is 912. The first-order valence-electron chi connectivity index (χ1n) is 9.60. The highest BCUT2D eigenvalue weighted by Gasteiger charge is 2.19. The normalized spacial score (nSPS) is 12.0. The van der Waals surface area contributed by atoms with Crippen molar-refractivity contribution in [2.45, 2.75) is 32.1 Å². The van der Waals surface area contributed by atoms with Gasteiger partial charge in [-0.3, -0.25) is 0 Å². The molecule has 0 fully saturated rings. The van der Waals surface area contributed by atoms with Crippen LogP contribution in [0.4, 0.5) is 5.82 Å². The quantitative estimate of drug-likeness (QED) is 0.311. The number of nitrogens with one attached hydrogen (secondary N) is 1. The molecule has 0 amide bonds. The van der Waals surface area contributed by atoms with Gasteiger partial charge in [-0.2, -0.15) is 0 Å². The summed E-state index contributed by atoms with van der Waals surface area (Å²) in [4.78, 5) is 50.2. The van der Waals surface area contributed by atoms with E-state index in [0.717, 1.165) is 30.2 Å². The fourth-order valence-electron chi connectivity index (χ4n) is 2.83. The van der Waals surface area contributed by atoms with Crippen molar-refractivity contribution in [2.75, 3.05) is 32.5 Å². The number of thiophene rings is 1. The smallest absolute Gasteiger partial charge is 0.414 e. The zero-order valence-electron chi connectivity index (χ0n) is 17.7. The maximum Gasteiger partial charge on any atom is 0.414 e. The first-order valence-corrected chi connectivity index (χ1v) is 10.4. The molecule has 0 radical (unpaired) electrons. The summed E-state index contributed by atoms with van der Waals surface area (Å²) in [5.74, 6) is -6.26. The lowest BCUT2D eigenvalue weighted by atomic mass is 9.97. The van der Waals surface area contributed by atoms with E-state index in [9.17, 15) is 0 Å². The minimum atomic E-state index is -1.82. The SMILES string of the molecule is CN(C)CCCNc1ncnc2sc3c(c12)CCCC3.O=C(O)C(=O)O.O=C(O)C(=O)O. The summed E-state index contributed by atoms with van der Waals surface area (Å²) >= 11 is 1.86. The van der Waals surface area contributed by atoms with Crippen LogP contribution in [-0.4, -0.2) is 86.4 Å². The number of carboxylic acid groups (broad SMARTS) is 4. The van der Waals surface area contributed by atoms with Gasteiger partial charge >= 0.3 is 23.9 Å². The standard InChI is InChI=1S/C15H22N4S.2C2H2O4/c1-19(2)9-5-8-16-14-13-11-6-3-4-7-12(11)20-15(13)18-10-17-14;2*3-1(4)2(5)6/h10H,3-9H2,1-2H3,(H,16,17,18);2*(H,3,4)(H,5,6). The molecular weight excluding hydrogens is 444 g/mol. The van der Waals surface area contributed by atoms with Crippen molar-refractivity contribution in [2.24, 2.45) is 0 Å². The minimum Gasteiger partial charge on any atom is -0.473 e. The summed E-state index contributed by atoms with van der Waals surface area (Å²) in [6.45, 7) is 2.07. The van der Waals surface area contributed by atoms with E-state index >= 15 is 0 Å². The molecule has 0 saturated heterocycles. The Labute approximate surface area is 187 Å². The molecule has 176 valence electrons. The zero-order valence-corrected chi connectivity index (χ0v) is 18.5. The van der Waals surface area contributed by atoms with Crippen LogP contribution in [0.3, 0.4) is 0 Å². The van der Waals surface area contributed by atoms with Gasteiger partial charge in [0.2, 0.25) is 0 Å². The number of nitrogens with zero attached hydrogens (tertiary/aromatic N) is 3. The van der Waals surface area contributed by atoms with Crippen molar-refractivity contribution in [3.05, 3.63) is 16.8 Å². The number of hydrogen-bond acceptors (Lipinski definition) is 9. The van der Waals surface area contributed by atoms with Gasteiger partial charge in [-0.05, 0) is 58.3 Å². The summed E-state index contributed by atoms with van der Waals surface area (Å²) in [5, 5.41) is 34.4. The summed E-state index contributed by atoms with van der Waals surface area (Å²) in [6.07, 6.45) is 7.85. The van der Waals surface area contributed by atoms with Crippen LogP contribution in [0.15, 0.2) is 6.33 Å². The van der Waals surface area contributed by atoms with Crippen LogP contribution in [0, 0.1) is 0 Å². The van der Waals surface area contributed by atoms with Crippen LogP contribution < -0.4 is 5.32 Å². The van der Waals surface area contributed by atoms with Crippen molar-refractivity contribution < 1.29 is 39.6 Å². The maximum atomic E-state index is 9.10. The number of anilines is 1. The number of carboxylic acids is 4. The van der Waals surface area contributed by atoms with Gasteiger partial charge in [0.05, 0.1) is 5.39 Å². The molecule has 0 aliphatic heterocycles. The fraction of sp³-hybridized carbons (Fsp3) is 0.474. The summed E-state index contributed by atoms with van der Waals surface area (Å²) < 4.78 is 0. The lowest BCUT2D eigenvalue weighted by molar-refractivity contribution is -0.159. The van der Waals surface area contributed by atoms with E-state index in [1.807, 2.05) is 11.3 Å². The Morgan fingerprint density at radius 2 is 1.53 bits per heavy atom. The number of aryl methyl sites for hydroxylation is 2. The van der Waals surface area contributed by atoms with Gasteiger partial charge in [0.25, 0.3) is 0 Å². The largest absolute Gasteiger partial charge is 0.473 e. The highest BCUT2D eigenvalue weighted by atomic mass is 32.1. The van der Waals surface area contributed by atoms with Crippen LogP contribution >= 0.6 is 11.3 Å². The number of rotatable bonds is 5. The topological polar surface area (TPSA) is 190 Å². The van der Waals surface area contributed by atoms with E-state index in [-0.39, 0.29) is 0 Å². The number of carbonyl (C=O) groups is 4. The van der Waals surface area contributed by atoms with E-state index < -0.39 is 23.9 Å². The molecule has 3 rings (SSSR count). The molecule has 1 aliphatic rings. The molecule has 5 N–H and O–H groups in total. The van der Waals surface area contributed by atoms with Gasteiger partial charge in [0, 0.05) is 11.4 Å². The predicted molar refractivity (Wildman–Crippen MR) is 116 cm³/mol. The van der Waals surface area contributed by atoms with E-state index in [1.165, 1.54) is 41.5 Å². The van der Waals surface area contributed by atoms with Gasteiger partial charge < -0.3 is 30.6 Å². The third-order valence-corrected chi connectivity index (χ3v) is 5.39. The summed E-state index contributed by atoms with van der Waals surface area (Å²) in [6, 6.07) is 0. The Hall–Kier alpha value is -3.32. The molecule has 1 aliphatic carbocycles. The summed E-state index contributed by atoms with van der Waals surface area (Å²) in [7, 11) is 4.22. The van der Waals surface area contributed by atoms with Crippen molar-refractivity contribution in [3.63, 3.8) is 0 Å². The maximum absolute atomic E-state index is 9.10.